The first-order chi connectivity index (χ1) is 22.8. The van der Waals surface area contributed by atoms with E-state index in [-0.39, 0.29) is 12.5 Å². The van der Waals surface area contributed by atoms with Crippen molar-refractivity contribution in [2.45, 2.75) is 185 Å². The maximum atomic E-state index is 12.8. The largest absolute Gasteiger partial charge is 0.394 e. The van der Waals surface area contributed by atoms with Crippen LogP contribution >= 0.6 is 0 Å². The number of unbranched alkanes of at least 4 members (excludes halogenated alkanes) is 15. The van der Waals surface area contributed by atoms with Gasteiger partial charge in [0.15, 0.2) is 6.29 Å². The molecule has 6 N–H and O–H groups in total. The average molecular weight is 668 g/mol. The van der Waals surface area contributed by atoms with Crippen LogP contribution < -0.4 is 5.32 Å². The fourth-order valence-corrected chi connectivity index (χ4v) is 5.57. The summed E-state index contributed by atoms with van der Waals surface area (Å²) < 4.78 is 11.1. The quantitative estimate of drug-likeness (QED) is 0.0411. The number of aliphatic hydroxyl groups is 5. The maximum absolute atomic E-state index is 12.8. The molecule has 1 heterocycles. The molecule has 1 rings (SSSR count). The Hall–Kier alpha value is -1.59. The molecule has 1 aliphatic rings. The Labute approximate surface area is 285 Å². The van der Waals surface area contributed by atoms with Crippen molar-refractivity contribution < 1.29 is 39.8 Å². The summed E-state index contributed by atoms with van der Waals surface area (Å²) in [6.45, 7) is 3.66. The Morgan fingerprint density at radius 3 is 1.83 bits per heavy atom. The van der Waals surface area contributed by atoms with Crippen LogP contribution in [-0.4, -0.2) is 87.5 Å². The van der Waals surface area contributed by atoms with Crippen molar-refractivity contribution in [2.75, 3.05) is 13.2 Å². The van der Waals surface area contributed by atoms with Gasteiger partial charge in [0.05, 0.1) is 25.4 Å². The van der Waals surface area contributed by atoms with Crippen LogP contribution in [0.3, 0.4) is 0 Å². The van der Waals surface area contributed by atoms with E-state index in [1.54, 1.807) is 6.08 Å². The van der Waals surface area contributed by atoms with E-state index < -0.39 is 49.5 Å². The molecule has 0 bridgehead atoms. The molecule has 9 heteroatoms. The van der Waals surface area contributed by atoms with E-state index in [1.807, 2.05) is 6.08 Å². The lowest BCUT2D eigenvalue weighted by Crippen LogP contribution is -2.60. The minimum absolute atomic E-state index is 0.201. The number of ether oxygens (including phenoxy) is 2. The summed E-state index contributed by atoms with van der Waals surface area (Å²) in [7, 11) is 0. The summed E-state index contributed by atoms with van der Waals surface area (Å²) in [5.41, 5.74) is 0. The predicted molar refractivity (Wildman–Crippen MR) is 189 cm³/mol. The number of carbonyl (C=O) groups excluding carboxylic acids is 1. The first-order valence-electron chi connectivity index (χ1n) is 18.7. The smallest absolute Gasteiger partial charge is 0.220 e. The van der Waals surface area contributed by atoms with Crippen molar-refractivity contribution in [3.8, 4) is 0 Å². The lowest BCUT2D eigenvalue weighted by molar-refractivity contribution is -0.302. The highest BCUT2D eigenvalue weighted by Crippen LogP contribution is 2.22. The monoisotopic (exact) mass is 668 g/mol. The van der Waals surface area contributed by atoms with Gasteiger partial charge in [0.25, 0.3) is 0 Å². The van der Waals surface area contributed by atoms with Gasteiger partial charge in [-0.3, -0.25) is 4.79 Å². The van der Waals surface area contributed by atoms with E-state index in [1.165, 1.54) is 64.2 Å². The third kappa shape index (κ3) is 21.2. The van der Waals surface area contributed by atoms with Crippen LogP contribution in [0.4, 0.5) is 0 Å². The number of hydrogen-bond donors (Lipinski definition) is 6. The van der Waals surface area contributed by atoms with Crippen LogP contribution in [0.1, 0.15) is 142 Å². The summed E-state index contributed by atoms with van der Waals surface area (Å²) in [4.78, 5) is 12.8. The minimum Gasteiger partial charge on any atom is -0.394 e. The van der Waals surface area contributed by atoms with Crippen LogP contribution in [-0.2, 0) is 14.3 Å². The zero-order valence-corrected chi connectivity index (χ0v) is 29.5. The van der Waals surface area contributed by atoms with Crippen molar-refractivity contribution in [2.24, 2.45) is 0 Å². The third-order valence-electron chi connectivity index (χ3n) is 8.69. The van der Waals surface area contributed by atoms with E-state index in [0.29, 0.717) is 6.42 Å². The van der Waals surface area contributed by atoms with Gasteiger partial charge in [-0.2, -0.15) is 0 Å². The summed E-state index contributed by atoms with van der Waals surface area (Å²) in [5.74, 6) is -0.201. The molecule has 47 heavy (non-hydrogen) atoms. The number of hydrogen-bond acceptors (Lipinski definition) is 8. The standard InChI is InChI=1S/C38H69NO8/c1-3-5-7-9-11-13-14-15-16-17-18-20-22-24-26-28-34(42)39-31(32(41)27-25-23-21-19-12-10-8-6-4-2)30-46-38-37(45)36(44)35(43)33(29-40)47-38/h12,15-16,19,25,27,31-33,35-38,40-41,43-45H,3-11,13-14,17-18,20-24,26,28-30H2,1-2H3,(H,39,42)/b16-15-,19-12+,27-25+. The zero-order valence-electron chi connectivity index (χ0n) is 29.5. The molecule has 0 aromatic carbocycles. The first kappa shape index (κ1) is 43.4. The summed E-state index contributed by atoms with van der Waals surface area (Å²) in [6.07, 6.45) is 26.3. The Kier molecular flexibility index (Phi) is 27.1. The van der Waals surface area contributed by atoms with Gasteiger partial charge in [0.1, 0.15) is 24.4 Å². The fraction of sp³-hybridized carbons (Fsp3) is 0.816. The lowest BCUT2D eigenvalue weighted by Gasteiger charge is -2.40. The molecule has 7 atom stereocenters. The number of nitrogens with one attached hydrogen (secondary N) is 1. The van der Waals surface area contributed by atoms with Gasteiger partial charge in [-0.25, -0.2) is 0 Å². The molecular formula is C38H69NO8. The van der Waals surface area contributed by atoms with Gasteiger partial charge in [-0.05, 0) is 57.8 Å². The van der Waals surface area contributed by atoms with Crippen molar-refractivity contribution in [3.05, 3.63) is 36.5 Å². The molecule has 0 spiro atoms. The van der Waals surface area contributed by atoms with Crippen molar-refractivity contribution >= 4 is 5.91 Å². The highest BCUT2D eigenvalue weighted by Gasteiger charge is 2.44. The van der Waals surface area contributed by atoms with E-state index in [2.05, 4.69) is 43.5 Å². The Bertz CT molecular complexity index is 833. The van der Waals surface area contributed by atoms with Crippen LogP contribution in [0, 0.1) is 0 Å². The average Bonchev–Trinajstić information content (AvgIpc) is 3.07. The molecule has 0 aromatic heterocycles. The molecule has 0 saturated carbocycles. The molecule has 1 amide bonds. The molecule has 0 aliphatic carbocycles. The number of rotatable bonds is 29. The number of allylic oxidation sites excluding steroid dienone is 5. The fourth-order valence-electron chi connectivity index (χ4n) is 5.57. The van der Waals surface area contributed by atoms with Crippen LogP contribution in [0.2, 0.25) is 0 Å². The Morgan fingerprint density at radius 1 is 0.702 bits per heavy atom. The molecule has 7 unspecified atom stereocenters. The second kappa shape index (κ2) is 29.3. The number of amides is 1. The molecule has 1 aliphatic heterocycles. The van der Waals surface area contributed by atoms with Crippen LogP contribution in [0.15, 0.2) is 36.5 Å². The molecule has 0 radical (unpaired) electrons. The van der Waals surface area contributed by atoms with Gasteiger partial charge in [0.2, 0.25) is 5.91 Å². The van der Waals surface area contributed by atoms with E-state index in [0.717, 1.165) is 57.8 Å². The van der Waals surface area contributed by atoms with E-state index in [9.17, 15) is 30.3 Å². The maximum Gasteiger partial charge on any atom is 0.220 e. The lowest BCUT2D eigenvalue weighted by atomic mass is 9.99. The van der Waals surface area contributed by atoms with E-state index in [4.69, 9.17) is 9.47 Å². The second-order valence-electron chi connectivity index (χ2n) is 13.0. The zero-order chi connectivity index (χ0) is 34.5. The second-order valence-corrected chi connectivity index (χ2v) is 13.0. The molecule has 1 fully saturated rings. The normalized spacial score (nSPS) is 23.3. The van der Waals surface area contributed by atoms with Gasteiger partial charge in [0, 0.05) is 6.42 Å². The van der Waals surface area contributed by atoms with E-state index >= 15 is 0 Å². The van der Waals surface area contributed by atoms with Crippen molar-refractivity contribution in [1.82, 2.24) is 5.32 Å². The molecule has 0 aromatic rings. The SMILES string of the molecule is CCCCC/C=C/CC/C=C/C(O)C(COC1OC(CO)C(O)C(O)C1O)NC(=O)CCCCCCC/C=C\CCCCCCCC. The van der Waals surface area contributed by atoms with Crippen molar-refractivity contribution in [1.29, 1.82) is 0 Å². The summed E-state index contributed by atoms with van der Waals surface area (Å²) in [5, 5.41) is 53.7. The topological polar surface area (TPSA) is 149 Å². The first-order valence-corrected chi connectivity index (χ1v) is 18.7. The summed E-state index contributed by atoms with van der Waals surface area (Å²) in [6, 6.07) is -0.821. The Morgan fingerprint density at radius 2 is 1.21 bits per heavy atom. The number of carbonyl (C=O) groups is 1. The van der Waals surface area contributed by atoms with Crippen LogP contribution in [0.25, 0.3) is 0 Å². The van der Waals surface area contributed by atoms with Crippen LogP contribution in [0.5, 0.6) is 0 Å². The highest BCUT2D eigenvalue weighted by molar-refractivity contribution is 5.76. The highest BCUT2D eigenvalue weighted by atomic mass is 16.7. The van der Waals surface area contributed by atoms with Gasteiger partial charge in [-0.1, -0.05) is 115 Å². The minimum atomic E-state index is -1.57. The molecule has 1 saturated heterocycles. The predicted octanol–water partition coefficient (Wildman–Crippen LogP) is 6.16. The van der Waals surface area contributed by atoms with Gasteiger partial charge < -0.3 is 40.3 Å². The van der Waals surface area contributed by atoms with Gasteiger partial charge in [-0.15, -0.1) is 0 Å². The molecule has 274 valence electrons. The van der Waals surface area contributed by atoms with Gasteiger partial charge >= 0.3 is 0 Å². The summed E-state index contributed by atoms with van der Waals surface area (Å²) >= 11 is 0. The molecule has 9 nitrogen and oxygen atoms in total. The Balaban J connectivity index is 2.46. The number of aliphatic hydroxyl groups excluding tert-OH is 5. The third-order valence-corrected chi connectivity index (χ3v) is 8.69. The van der Waals surface area contributed by atoms with Crippen molar-refractivity contribution in [3.63, 3.8) is 0 Å². The molecular weight excluding hydrogens is 598 g/mol.